The van der Waals surface area contributed by atoms with Gasteiger partial charge < -0.3 is 0 Å². The molecule has 106 valence electrons. The van der Waals surface area contributed by atoms with Crippen molar-refractivity contribution in [3.8, 4) is 0 Å². The molecule has 2 aromatic carbocycles. The molecule has 2 aromatic rings. The molecule has 0 saturated heterocycles. The summed E-state index contributed by atoms with van der Waals surface area (Å²) in [7, 11) is -3.50. The van der Waals surface area contributed by atoms with Crippen molar-refractivity contribution in [1.29, 1.82) is 0 Å². The zero-order valence-electron chi connectivity index (χ0n) is 11.1. The minimum atomic E-state index is -3.50. The SMILES string of the molecule is Cc1ccc(S(=O)(=O)NCCc2cccc(F)c2)cc1. The second-order valence-electron chi connectivity index (χ2n) is 4.59. The third-order valence-electron chi connectivity index (χ3n) is 2.93. The lowest BCUT2D eigenvalue weighted by molar-refractivity contribution is 0.581. The van der Waals surface area contributed by atoms with E-state index in [1.165, 1.54) is 12.1 Å². The lowest BCUT2D eigenvalue weighted by Crippen LogP contribution is -2.26. The molecule has 0 aliphatic heterocycles. The van der Waals surface area contributed by atoms with Crippen LogP contribution in [0.5, 0.6) is 0 Å². The second-order valence-corrected chi connectivity index (χ2v) is 6.36. The van der Waals surface area contributed by atoms with Crippen LogP contribution >= 0.6 is 0 Å². The van der Waals surface area contributed by atoms with Crippen molar-refractivity contribution < 1.29 is 12.8 Å². The third-order valence-corrected chi connectivity index (χ3v) is 4.40. The lowest BCUT2D eigenvalue weighted by atomic mass is 10.1. The molecule has 0 fully saturated rings. The molecular formula is C15H16FNO2S. The topological polar surface area (TPSA) is 46.2 Å². The highest BCUT2D eigenvalue weighted by molar-refractivity contribution is 7.89. The average molecular weight is 293 g/mol. The van der Waals surface area contributed by atoms with Crippen molar-refractivity contribution in [1.82, 2.24) is 4.72 Å². The van der Waals surface area contributed by atoms with Gasteiger partial charge in [-0.15, -0.1) is 0 Å². The molecule has 1 N–H and O–H groups in total. The van der Waals surface area contributed by atoms with Crippen LogP contribution in [0.25, 0.3) is 0 Å². The Balaban J connectivity index is 1.98. The van der Waals surface area contributed by atoms with Gasteiger partial charge in [0.1, 0.15) is 5.82 Å². The summed E-state index contributed by atoms with van der Waals surface area (Å²) in [6.07, 6.45) is 0.447. The van der Waals surface area contributed by atoms with Gasteiger partial charge in [-0.25, -0.2) is 17.5 Å². The van der Waals surface area contributed by atoms with Gasteiger partial charge >= 0.3 is 0 Å². The van der Waals surface area contributed by atoms with E-state index < -0.39 is 10.0 Å². The first-order valence-corrected chi connectivity index (χ1v) is 7.76. The van der Waals surface area contributed by atoms with Crippen molar-refractivity contribution in [2.24, 2.45) is 0 Å². The van der Waals surface area contributed by atoms with E-state index in [-0.39, 0.29) is 17.3 Å². The van der Waals surface area contributed by atoms with E-state index in [0.29, 0.717) is 6.42 Å². The smallest absolute Gasteiger partial charge is 0.211 e. The maximum atomic E-state index is 13.0. The predicted octanol–water partition coefficient (Wildman–Crippen LogP) is 2.66. The molecule has 0 saturated carbocycles. The number of hydrogen-bond acceptors (Lipinski definition) is 2. The van der Waals surface area contributed by atoms with Gasteiger partial charge in [0, 0.05) is 6.54 Å². The molecule has 5 heteroatoms. The molecule has 0 atom stereocenters. The maximum Gasteiger partial charge on any atom is 0.240 e. The molecule has 0 aliphatic rings. The zero-order chi connectivity index (χ0) is 14.6. The fourth-order valence-corrected chi connectivity index (χ4v) is 2.85. The Morgan fingerprint density at radius 3 is 2.45 bits per heavy atom. The van der Waals surface area contributed by atoms with E-state index in [2.05, 4.69) is 4.72 Å². The average Bonchev–Trinajstić information content (AvgIpc) is 2.39. The van der Waals surface area contributed by atoms with Crippen LogP contribution in [0.1, 0.15) is 11.1 Å². The summed E-state index contributed by atoms with van der Waals surface area (Å²) in [6.45, 7) is 2.13. The van der Waals surface area contributed by atoms with Crippen molar-refractivity contribution in [2.45, 2.75) is 18.2 Å². The monoisotopic (exact) mass is 293 g/mol. The summed E-state index contributed by atoms with van der Waals surface area (Å²) in [5, 5.41) is 0. The van der Waals surface area contributed by atoms with Crippen LogP contribution in [0.2, 0.25) is 0 Å². The predicted molar refractivity (Wildman–Crippen MR) is 76.5 cm³/mol. The first-order valence-electron chi connectivity index (χ1n) is 6.28. The third kappa shape index (κ3) is 3.88. The van der Waals surface area contributed by atoms with Crippen LogP contribution in [0.15, 0.2) is 53.4 Å². The molecule has 0 amide bonds. The Kier molecular flexibility index (Phi) is 4.52. The molecule has 0 radical (unpaired) electrons. The quantitative estimate of drug-likeness (QED) is 0.921. The van der Waals surface area contributed by atoms with Gasteiger partial charge in [0.15, 0.2) is 0 Å². The normalized spacial score (nSPS) is 11.5. The fraction of sp³-hybridized carbons (Fsp3) is 0.200. The Bertz CT molecular complexity index is 681. The van der Waals surface area contributed by atoms with Crippen LogP contribution in [0.4, 0.5) is 4.39 Å². The van der Waals surface area contributed by atoms with Gasteiger partial charge in [-0.1, -0.05) is 29.8 Å². The minimum Gasteiger partial charge on any atom is -0.211 e. The fourth-order valence-electron chi connectivity index (χ4n) is 1.82. The Hall–Kier alpha value is -1.72. The van der Waals surface area contributed by atoms with Gasteiger partial charge in [-0.05, 0) is 43.2 Å². The van der Waals surface area contributed by atoms with Gasteiger partial charge in [-0.3, -0.25) is 0 Å². The molecule has 0 heterocycles. The number of sulfonamides is 1. The Labute approximate surface area is 118 Å². The standard InChI is InChI=1S/C15H16FNO2S/c1-12-5-7-15(8-6-12)20(18,19)17-10-9-13-3-2-4-14(16)11-13/h2-8,11,17H,9-10H2,1H3. The number of benzene rings is 2. The van der Waals surface area contributed by atoms with Crippen LogP contribution < -0.4 is 4.72 Å². The first-order chi connectivity index (χ1) is 9.47. The summed E-state index contributed by atoms with van der Waals surface area (Å²) < 4.78 is 39.5. The van der Waals surface area contributed by atoms with E-state index >= 15 is 0 Å². The van der Waals surface area contributed by atoms with Crippen LogP contribution in [0, 0.1) is 12.7 Å². The highest BCUT2D eigenvalue weighted by Crippen LogP contribution is 2.10. The molecule has 0 spiro atoms. The summed E-state index contributed by atoms with van der Waals surface area (Å²) in [5.74, 6) is -0.316. The van der Waals surface area contributed by atoms with Gasteiger partial charge in [0.2, 0.25) is 10.0 Å². The Morgan fingerprint density at radius 1 is 1.10 bits per heavy atom. The summed E-state index contributed by atoms with van der Waals surface area (Å²) in [4.78, 5) is 0.238. The molecule has 0 bridgehead atoms. The summed E-state index contributed by atoms with van der Waals surface area (Å²) in [5.41, 5.74) is 1.76. The molecule has 0 unspecified atom stereocenters. The van der Waals surface area contributed by atoms with E-state index in [1.807, 2.05) is 6.92 Å². The molecule has 0 aromatic heterocycles. The van der Waals surface area contributed by atoms with Crippen LogP contribution in [-0.2, 0) is 16.4 Å². The highest BCUT2D eigenvalue weighted by Gasteiger charge is 2.12. The minimum absolute atomic E-state index is 0.236. The highest BCUT2D eigenvalue weighted by atomic mass is 32.2. The van der Waals surface area contributed by atoms with Crippen molar-refractivity contribution in [3.63, 3.8) is 0 Å². The van der Waals surface area contributed by atoms with E-state index in [0.717, 1.165) is 11.1 Å². The molecule has 2 rings (SSSR count). The summed E-state index contributed by atoms with van der Waals surface area (Å²) >= 11 is 0. The molecular weight excluding hydrogens is 277 g/mol. The van der Waals surface area contributed by atoms with E-state index in [1.54, 1.807) is 36.4 Å². The van der Waals surface area contributed by atoms with Gasteiger partial charge in [-0.2, -0.15) is 0 Å². The van der Waals surface area contributed by atoms with Crippen molar-refractivity contribution in [2.75, 3.05) is 6.54 Å². The van der Waals surface area contributed by atoms with Crippen molar-refractivity contribution >= 4 is 10.0 Å². The number of aryl methyl sites for hydroxylation is 1. The van der Waals surface area contributed by atoms with E-state index in [4.69, 9.17) is 0 Å². The van der Waals surface area contributed by atoms with Crippen LogP contribution in [0.3, 0.4) is 0 Å². The van der Waals surface area contributed by atoms with E-state index in [9.17, 15) is 12.8 Å². The van der Waals surface area contributed by atoms with Gasteiger partial charge in [0.05, 0.1) is 4.90 Å². The maximum absolute atomic E-state index is 13.0. The number of hydrogen-bond donors (Lipinski definition) is 1. The number of rotatable bonds is 5. The number of nitrogens with one attached hydrogen (secondary N) is 1. The zero-order valence-corrected chi connectivity index (χ0v) is 12.0. The second kappa shape index (κ2) is 6.15. The molecule has 0 aliphatic carbocycles. The van der Waals surface area contributed by atoms with Gasteiger partial charge in [0.25, 0.3) is 0 Å². The van der Waals surface area contributed by atoms with Crippen molar-refractivity contribution in [3.05, 3.63) is 65.5 Å². The largest absolute Gasteiger partial charge is 0.240 e. The van der Waals surface area contributed by atoms with Crippen LogP contribution in [-0.4, -0.2) is 15.0 Å². The number of halogens is 1. The molecule has 3 nitrogen and oxygen atoms in total. The molecule has 20 heavy (non-hydrogen) atoms. The Morgan fingerprint density at radius 2 is 1.80 bits per heavy atom. The summed E-state index contributed by atoms with van der Waals surface area (Å²) in [6, 6.07) is 12.8. The lowest BCUT2D eigenvalue weighted by Gasteiger charge is -2.07. The first kappa shape index (κ1) is 14.7.